The van der Waals surface area contributed by atoms with Gasteiger partial charge in [-0.2, -0.15) is 0 Å². The van der Waals surface area contributed by atoms with E-state index in [2.05, 4.69) is 0 Å². The number of benzene rings is 1. The van der Waals surface area contributed by atoms with Crippen LogP contribution in [0, 0.1) is 18.3 Å². The molecule has 0 radical (unpaired) electrons. The van der Waals surface area contributed by atoms with Crippen LogP contribution in [0.5, 0.6) is 5.75 Å². The van der Waals surface area contributed by atoms with Crippen molar-refractivity contribution in [3.8, 4) is 5.75 Å². The second kappa shape index (κ2) is 4.78. The Morgan fingerprint density at radius 3 is 2.35 bits per heavy atom. The van der Waals surface area contributed by atoms with Gasteiger partial charge in [0, 0.05) is 0 Å². The summed E-state index contributed by atoms with van der Waals surface area (Å²) in [5, 5.41) is 18.7. The molecule has 1 rings (SSSR count). The lowest BCUT2D eigenvalue weighted by Crippen LogP contribution is -2.30. The Balaban J connectivity index is 2.95. The van der Waals surface area contributed by atoms with E-state index in [1.54, 1.807) is 12.1 Å². The molecule has 0 spiro atoms. The van der Waals surface area contributed by atoms with Crippen LogP contribution in [0.2, 0.25) is 0 Å². The summed E-state index contributed by atoms with van der Waals surface area (Å²) in [6, 6.07) is 5.24. The van der Waals surface area contributed by atoms with Gasteiger partial charge >= 0.3 is 5.97 Å². The fourth-order valence-corrected chi connectivity index (χ4v) is 1.84. The van der Waals surface area contributed by atoms with Crippen molar-refractivity contribution in [2.75, 3.05) is 0 Å². The third kappa shape index (κ3) is 3.48. The lowest BCUT2D eigenvalue weighted by atomic mass is 9.77. The highest BCUT2D eigenvalue weighted by molar-refractivity contribution is 5.71. The van der Waals surface area contributed by atoms with E-state index in [0.717, 1.165) is 11.1 Å². The van der Waals surface area contributed by atoms with E-state index in [1.165, 1.54) is 0 Å². The second-order valence-corrected chi connectivity index (χ2v) is 5.58. The molecule has 3 heteroatoms. The molecule has 0 saturated heterocycles. The van der Waals surface area contributed by atoms with Crippen molar-refractivity contribution in [2.24, 2.45) is 11.3 Å². The molecule has 0 amide bonds. The van der Waals surface area contributed by atoms with Crippen LogP contribution in [-0.2, 0) is 11.2 Å². The zero-order valence-electron chi connectivity index (χ0n) is 10.8. The number of hydrogen-bond acceptors (Lipinski definition) is 2. The highest BCUT2D eigenvalue weighted by Gasteiger charge is 2.31. The van der Waals surface area contributed by atoms with E-state index in [1.807, 2.05) is 33.8 Å². The number of aryl methyl sites for hydroxylation is 1. The molecule has 0 heterocycles. The van der Waals surface area contributed by atoms with E-state index in [4.69, 9.17) is 0 Å². The van der Waals surface area contributed by atoms with E-state index >= 15 is 0 Å². The van der Waals surface area contributed by atoms with Gasteiger partial charge in [0.25, 0.3) is 0 Å². The lowest BCUT2D eigenvalue weighted by Gasteiger charge is -2.27. The summed E-state index contributed by atoms with van der Waals surface area (Å²) in [5.41, 5.74) is 1.45. The first-order chi connectivity index (χ1) is 7.71. The first-order valence-electron chi connectivity index (χ1n) is 5.73. The van der Waals surface area contributed by atoms with Crippen LogP contribution in [0.3, 0.4) is 0 Å². The summed E-state index contributed by atoms with van der Waals surface area (Å²) in [5.74, 6) is -0.953. The molecular weight excluding hydrogens is 216 g/mol. The summed E-state index contributed by atoms with van der Waals surface area (Å²) in [6.07, 6.45) is 0.486. The van der Waals surface area contributed by atoms with Crippen molar-refractivity contribution in [3.63, 3.8) is 0 Å². The van der Waals surface area contributed by atoms with Gasteiger partial charge in [0.2, 0.25) is 0 Å². The molecular formula is C14H20O3. The molecule has 0 aliphatic carbocycles. The Labute approximate surface area is 102 Å². The van der Waals surface area contributed by atoms with Crippen LogP contribution >= 0.6 is 0 Å². The summed E-state index contributed by atoms with van der Waals surface area (Å²) < 4.78 is 0. The van der Waals surface area contributed by atoms with Crippen LogP contribution in [0.1, 0.15) is 31.9 Å². The highest BCUT2D eigenvalue weighted by atomic mass is 16.4. The number of phenols is 1. The smallest absolute Gasteiger partial charge is 0.307 e. The third-order valence-electron chi connectivity index (χ3n) is 3.04. The molecule has 94 valence electrons. The number of phenolic OH excluding ortho intramolecular Hbond substituents is 1. The number of carbonyl (C=O) groups is 1. The van der Waals surface area contributed by atoms with Gasteiger partial charge in [0.15, 0.2) is 0 Å². The largest absolute Gasteiger partial charge is 0.508 e. The topological polar surface area (TPSA) is 57.5 Å². The molecule has 0 bridgehead atoms. The minimum atomic E-state index is -0.775. The predicted octanol–water partition coefficient (Wildman–Crippen LogP) is 2.99. The minimum absolute atomic E-state index is 0.247. The van der Waals surface area contributed by atoms with Gasteiger partial charge in [-0.05, 0) is 36.0 Å². The molecule has 0 aromatic heterocycles. The van der Waals surface area contributed by atoms with Gasteiger partial charge in [-0.25, -0.2) is 0 Å². The molecule has 1 unspecified atom stereocenters. The van der Waals surface area contributed by atoms with Crippen LogP contribution in [0.4, 0.5) is 0 Å². The average Bonchev–Trinajstić information content (AvgIpc) is 2.17. The van der Waals surface area contributed by atoms with Gasteiger partial charge in [-0.15, -0.1) is 0 Å². The Kier molecular flexibility index (Phi) is 3.81. The van der Waals surface area contributed by atoms with Crippen molar-refractivity contribution >= 4 is 5.97 Å². The second-order valence-electron chi connectivity index (χ2n) is 5.58. The molecule has 3 nitrogen and oxygen atoms in total. The zero-order chi connectivity index (χ0) is 13.2. The first kappa shape index (κ1) is 13.6. The maximum atomic E-state index is 11.3. The Morgan fingerprint density at radius 2 is 1.94 bits per heavy atom. The lowest BCUT2D eigenvalue weighted by molar-refractivity contribution is -0.145. The number of aromatic hydroxyl groups is 1. The Morgan fingerprint density at radius 1 is 1.35 bits per heavy atom. The predicted molar refractivity (Wildman–Crippen MR) is 67.1 cm³/mol. The molecule has 1 atom stereocenters. The minimum Gasteiger partial charge on any atom is -0.508 e. The number of carboxylic acid groups (broad SMARTS) is 1. The standard InChI is InChI=1S/C14H20O3/c1-9-7-10(5-6-12(9)15)8-11(13(16)17)14(2,3)4/h5-7,11,15H,8H2,1-4H3,(H,16,17). The number of hydrogen-bond donors (Lipinski definition) is 2. The summed E-state index contributed by atoms with van der Waals surface area (Å²) in [7, 11) is 0. The molecule has 0 aliphatic rings. The summed E-state index contributed by atoms with van der Waals surface area (Å²) in [6.45, 7) is 7.60. The third-order valence-corrected chi connectivity index (χ3v) is 3.04. The monoisotopic (exact) mass is 236 g/mol. The molecule has 0 saturated carbocycles. The summed E-state index contributed by atoms with van der Waals surface area (Å²) in [4.78, 5) is 11.3. The van der Waals surface area contributed by atoms with Gasteiger partial charge in [-0.3, -0.25) is 4.79 Å². The maximum absolute atomic E-state index is 11.3. The van der Waals surface area contributed by atoms with Crippen molar-refractivity contribution in [2.45, 2.75) is 34.1 Å². The van der Waals surface area contributed by atoms with Crippen LogP contribution < -0.4 is 0 Å². The highest BCUT2D eigenvalue weighted by Crippen LogP contribution is 2.30. The van der Waals surface area contributed by atoms with Crippen LogP contribution in [0.15, 0.2) is 18.2 Å². The van der Waals surface area contributed by atoms with Crippen LogP contribution in [0.25, 0.3) is 0 Å². The van der Waals surface area contributed by atoms with Crippen LogP contribution in [-0.4, -0.2) is 16.2 Å². The quantitative estimate of drug-likeness (QED) is 0.848. The fourth-order valence-electron chi connectivity index (χ4n) is 1.84. The maximum Gasteiger partial charge on any atom is 0.307 e. The van der Waals surface area contributed by atoms with Crippen molar-refractivity contribution < 1.29 is 15.0 Å². The number of carboxylic acids is 1. The zero-order valence-corrected chi connectivity index (χ0v) is 10.8. The first-order valence-corrected chi connectivity index (χ1v) is 5.73. The van der Waals surface area contributed by atoms with Crippen molar-refractivity contribution in [3.05, 3.63) is 29.3 Å². The molecule has 0 fully saturated rings. The number of aliphatic carboxylic acids is 1. The van der Waals surface area contributed by atoms with E-state index in [9.17, 15) is 15.0 Å². The SMILES string of the molecule is Cc1cc(CC(C(=O)O)C(C)(C)C)ccc1O. The van der Waals surface area contributed by atoms with Crippen molar-refractivity contribution in [1.82, 2.24) is 0 Å². The summed E-state index contributed by atoms with van der Waals surface area (Å²) >= 11 is 0. The molecule has 17 heavy (non-hydrogen) atoms. The van der Waals surface area contributed by atoms with Gasteiger partial charge in [0.1, 0.15) is 5.75 Å². The molecule has 2 N–H and O–H groups in total. The van der Waals surface area contributed by atoms with E-state index in [-0.39, 0.29) is 11.2 Å². The van der Waals surface area contributed by atoms with Gasteiger partial charge in [-0.1, -0.05) is 32.9 Å². The fraction of sp³-hybridized carbons (Fsp3) is 0.500. The molecule has 1 aromatic rings. The number of rotatable bonds is 3. The van der Waals surface area contributed by atoms with Crippen molar-refractivity contribution in [1.29, 1.82) is 0 Å². The molecule has 1 aromatic carbocycles. The van der Waals surface area contributed by atoms with E-state index in [0.29, 0.717) is 6.42 Å². The van der Waals surface area contributed by atoms with E-state index < -0.39 is 11.9 Å². The normalized spacial score (nSPS) is 13.4. The average molecular weight is 236 g/mol. The molecule has 0 aliphatic heterocycles. The Hall–Kier alpha value is -1.51. The Bertz CT molecular complexity index is 416. The van der Waals surface area contributed by atoms with Gasteiger partial charge in [0.05, 0.1) is 5.92 Å². The van der Waals surface area contributed by atoms with Gasteiger partial charge < -0.3 is 10.2 Å².